The summed E-state index contributed by atoms with van der Waals surface area (Å²) in [5.74, 6) is -1.57. The van der Waals surface area contributed by atoms with E-state index in [0.717, 1.165) is 27.6 Å². The van der Waals surface area contributed by atoms with Crippen LogP contribution in [-0.4, -0.2) is 44.2 Å². The molecule has 184 valence electrons. The van der Waals surface area contributed by atoms with Crippen LogP contribution in [0.25, 0.3) is 21.0 Å². The number of aliphatic carboxylic acids is 1. The third kappa shape index (κ3) is 5.18. The van der Waals surface area contributed by atoms with Crippen LogP contribution in [0.15, 0.2) is 53.3 Å². The largest absolute Gasteiger partial charge is 0.486 e. The van der Waals surface area contributed by atoms with Crippen molar-refractivity contribution < 1.29 is 24.2 Å². The van der Waals surface area contributed by atoms with Crippen LogP contribution < -0.4 is 10.3 Å². The Labute approximate surface area is 209 Å². The summed E-state index contributed by atoms with van der Waals surface area (Å²) in [5, 5.41) is 18.8. The molecule has 9 nitrogen and oxygen atoms in total. The van der Waals surface area contributed by atoms with Crippen molar-refractivity contribution in [1.82, 2.24) is 15.0 Å². The number of carboxylic acid groups (broad SMARTS) is 1. The topological polar surface area (TPSA) is 128 Å². The van der Waals surface area contributed by atoms with E-state index in [-0.39, 0.29) is 49.0 Å². The molecule has 0 aliphatic heterocycles. The van der Waals surface area contributed by atoms with Crippen molar-refractivity contribution in [2.45, 2.75) is 32.2 Å². The lowest BCUT2D eigenvalue weighted by atomic mass is 9.98. The average molecular weight is 506 g/mol. The van der Waals surface area contributed by atoms with Crippen LogP contribution in [0, 0.1) is 11.8 Å². The Morgan fingerprint density at radius 2 is 1.94 bits per heavy atom. The Morgan fingerprint density at radius 1 is 1.14 bits per heavy atom. The van der Waals surface area contributed by atoms with Crippen LogP contribution in [0.1, 0.15) is 35.4 Å². The number of carboxylic acids is 1. The maximum atomic E-state index is 12.9. The molecule has 2 aromatic heterocycles. The van der Waals surface area contributed by atoms with Gasteiger partial charge in [-0.05, 0) is 61.0 Å². The van der Waals surface area contributed by atoms with Gasteiger partial charge in [0.25, 0.3) is 5.56 Å². The molecule has 1 unspecified atom stereocenters. The number of thiophene rings is 1. The smallest absolute Gasteiger partial charge is 0.307 e. The van der Waals surface area contributed by atoms with E-state index < -0.39 is 11.9 Å². The number of carbonyl (C=O) groups excluding carboxylic acids is 2. The second kappa shape index (κ2) is 9.98. The molecule has 0 spiro atoms. The number of carbonyl (C=O) groups is 3. The summed E-state index contributed by atoms with van der Waals surface area (Å²) in [6.07, 6.45) is 1.73. The Hall–Kier alpha value is -3.92. The second-order valence-corrected chi connectivity index (χ2v) is 10.0. The minimum Gasteiger partial charge on any atom is -0.486 e. The van der Waals surface area contributed by atoms with Crippen molar-refractivity contribution >= 4 is 49.9 Å². The predicted molar refractivity (Wildman–Crippen MR) is 134 cm³/mol. The zero-order valence-corrected chi connectivity index (χ0v) is 20.1. The number of ether oxygens (including phenoxy) is 1. The molecule has 2 heterocycles. The van der Waals surface area contributed by atoms with Gasteiger partial charge >= 0.3 is 5.97 Å². The number of aryl methyl sites for hydroxylation is 1. The number of nitrogens with zero attached hydrogens (tertiary/aromatic N) is 3. The third-order valence-electron chi connectivity index (χ3n) is 6.28. The van der Waals surface area contributed by atoms with Gasteiger partial charge in [0.05, 0.1) is 16.2 Å². The molecular formula is C26H23N3O6S. The van der Waals surface area contributed by atoms with Gasteiger partial charge in [-0.25, -0.2) is 4.68 Å². The molecule has 1 saturated carbocycles. The SMILES string of the molecule is O=C(CC(CCn1nnc2ccccc2c1=O)C(=O)O)c1cc2ccc(OCC(=O)C3CC3)cc2s1. The van der Waals surface area contributed by atoms with E-state index in [1.54, 1.807) is 42.5 Å². The Kier molecular flexibility index (Phi) is 6.60. The standard InChI is InChI=1S/C26H23N3O6S/c30-21(24-12-16-7-8-18(13-23(16)36-24)35-14-22(31)15-5-6-15)11-17(26(33)34)9-10-29-25(32)19-3-1-2-4-20(19)27-28-29/h1-4,7-8,12-13,15,17H,5-6,9-11,14H2,(H,33,34). The molecule has 1 aliphatic rings. The first kappa shape index (κ1) is 23.8. The van der Waals surface area contributed by atoms with Crippen LogP contribution in [0.3, 0.4) is 0 Å². The third-order valence-corrected chi connectivity index (χ3v) is 7.42. The van der Waals surface area contributed by atoms with Gasteiger partial charge in [0.1, 0.15) is 17.9 Å². The Bertz CT molecular complexity index is 1540. The van der Waals surface area contributed by atoms with Gasteiger partial charge in [-0.3, -0.25) is 19.2 Å². The van der Waals surface area contributed by atoms with Crippen LogP contribution in [0.4, 0.5) is 0 Å². The van der Waals surface area contributed by atoms with Crippen LogP contribution >= 0.6 is 11.3 Å². The highest BCUT2D eigenvalue weighted by Gasteiger charge is 2.29. The number of Topliss-reactive ketones (excluding diaryl/α,β-unsaturated/α-hetero) is 2. The molecule has 0 radical (unpaired) electrons. The first-order valence-corrected chi connectivity index (χ1v) is 12.5. The number of rotatable bonds is 11. The number of fused-ring (bicyclic) bond motifs is 2. The number of aromatic nitrogens is 3. The van der Waals surface area contributed by atoms with E-state index in [2.05, 4.69) is 10.3 Å². The highest BCUT2D eigenvalue weighted by Crippen LogP contribution is 2.32. The molecule has 5 rings (SSSR count). The summed E-state index contributed by atoms with van der Waals surface area (Å²) in [4.78, 5) is 49.7. The fourth-order valence-corrected chi connectivity index (χ4v) is 5.04. The monoisotopic (exact) mass is 505 g/mol. The zero-order valence-electron chi connectivity index (χ0n) is 19.3. The average Bonchev–Trinajstić information content (AvgIpc) is 3.64. The number of hydrogen-bond donors (Lipinski definition) is 1. The van der Waals surface area contributed by atoms with Gasteiger partial charge in [-0.2, -0.15) is 0 Å². The summed E-state index contributed by atoms with van der Waals surface area (Å²) in [6.45, 7) is 0.0753. The van der Waals surface area contributed by atoms with E-state index >= 15 is 0 Å². The summed E-state index contributed by atoms with van der Waals surface area (Å²) in [5.41, 5.74) is 0.119. The van der Waals surface area contributed by atoms with Crippen molar-refractivity contribution in [1.29, 1.82) is 0 Å². The first-order valence-electron chi connectivity index (χ1n) is 11.7. The molecule has 1 atom stereocenters. The van der Waals surface area contributed by atoms with Crippen molar-refractivity contribution in [2.75, 3.05) is 6.61 Å². The van der Waals surface area contributed by atoms with E-state index in [1.807, 2.05) is 6.07 Å². The van der Waals surface area contributed by atoms with Crippen molar-refractivity contribution in [3.05, 3.63) is 63.8 Å². The fraction of sp³-hybridized carbons (Fsp3) is 0.308. The van der Waals surface area contributed by atoms with E-state index in [0.29, 0.717) is 21.5 Å². The Morgan fingerprint density at radius 3 is 2.72 bits per heavy atom. The van der Waals surface area contributed by atoms with Crippen LogP contribution in [-0.2, 0) is 16.1 Å². The summed E-state index contributed by atoms with van der Waals surface area (Å²) < 4.78 is 7.56. The lowest BCUT2D eigenvalue weighted by Crippen LogP contribution is -2.27. The molecule has 1 aliphatic carbocycles. The lowest BCUT2D eigenvalue weighted by molar-refractivity contribution is -0.142. The molecule has 0 amide bonds. The quantitative estimate of drug-likeness (QED) is 0.305. The molecule has 0 bridgehead atoms. The van der Waals surface area contributed by atoms with Crippen molar-refractivity contribution in [2.24, 2.45) is 11.8 Å². The number of hydrogen-bond acceptors (Lipinski definition) is 8. The maximum Gasteiger partial charge on any atom is 0.307 e. The predicted octanol–water partition coefficient (Wildman–Crippen LogP) is 3.73. The van der Waals surface area contributed by atoms with E-state index in [1.165, 1.54) is 11.3 Å². The molecule has 4 aromatic rings. The first-order chi connectivity index (χ1) is 17.4. The summed E-state index contributed by atoms with van der Waals surface area (Å²) in [7, 11) is 0. The van der Waals surface area contributed by atoms with Crippen LogP contribution in [0.5, 0.6) is 5.75 Å². The summed E-state index contributed by atoms with van der Waals surface area (Å²) >= 11 is 1.26. The number of ketones is 2. The fourth-order valence-electron chi connectivity index (χ4n) is 4.00. The molecular weight excluding hydrogens is 482 g/mol. The van der Waals surface area contributed by atoms with Crippen molar-refractivity contribution in [3.8, 4) is 5.75 Å². The van der Waals surface area contributed by atoms with Gasteiger partial charge in [-0.1, -0.05) is 17.3 Å². The molecule has 0 saturated heterocycles. The maximum absolute atomic E-state index is 12.9. The molecule has 2 aromatic carbocycles. The van der Waals surface area contributed by atoms with Crippen molar-refractivity contribution in [3.63, 3.8) is 0 Å². The highest BCUT2D eigenvalue weighted by atomic mass is 32.1. The van der Waals surface area contributed by atoms with Gasteiger partial charge in [0, 0.05) is 23.6 Å². The second-order valence-electron chi connectivity index (χ2n) is 8.93. The minimum atomic E-state index is -1.11. The van der Waals surface area contributed by atoms with Gasteiger partial charge < -0.3 is 9.84 Å². The van der Waals surface area contributed by atoms with Crippen LogP contribution in [0.2, 0.25) is 0 Å². The highest BCUT2D eigenvalue weighted by molar-refractivity contribution is 7.20. The van der Waals surface area contributed by atoms with E-state index in [4.69, 9.17) is 4.74 Å². The Balaban J connectivity index is 1.25. The zero-order chi connectivity index (χ0) is 25.2. The number of benzene rings is 2. The summed E-state index contributed by atoms with van der Waals surface area (Å²) in [6, 6.07) is 13.9. The molecule has 10 heteroatoms. The lowest BCUT2D eigenvalue weighted by Gasteiger charge is -2.11. The molecule has 1 fully saturated rings. The molecule has 1 N–H and O–H groups in total. The molecule has 36 heavy (non-hydrogen) atoms. The van der Waals surface area contributed by atoms with Gasteiger partial charge in [0.2, 0.25) is 0 Å². The van der Waals surface area contributed by atoms with E-state index in [9.17, 15) is 24.3 Å². The normalized spacial score (nSPS) is 14.1. The van der Waals surface area contributed by atoms with Gasteiger partial charge in [-0.15, -0.1) is 16.4 Å². The van der Waals surface area contributed by atoms with Gasteiger partial charge in [0.15, 0.2) is 11.6 Å². The minimum absolute atomic E-state index is 0.0353.